The second kappa shape index (κ2) is 7.04. The van der Waals surface area contributed by atoms with Gasteiger partial charge in [-0.05, 0) is 42.8 Å². The number of anilines is 1. The number of aryl methyl sites for hydroxylation is 1. The van der Waals surface area contributed by atoms with Gasteiger partial charge in [-0.25, -0.2) is 0 Å². The normalized spacial score (nSPS) is 10.0. The molecular weight excluding hydrogens is 334 g/mol. The topological polar surface area (TPSA) is 55.4 Å². The lowest BCUT2D eigenvalue weighted by Gasteiger charge is -2.10. The molecule has 0 aromatic heterocycles. The Labute approximate surface area is 131 Å². The number of rotatable bonds is 5. The summed E-state index contributed by atoms with van der Waals surface area (Å²) in [6.07, 6.45) is 0.701. The Morgan fingerprint density at radius 3 is 2.76 bits per heavy atom. The molecule has 0 aliphatic heterocycles. The molecule has 2 aromatic carbocycles. The molecular formula is C16H14BrNO3. The molecule has 0 atom stereocenters. The van der Waals surface area contributed by atoms with Crippen LogP contribution in [0.5, 0.6) is 5.75 Å². The molecule has 0 unspecified atom stereocenters. The first kappa shape index (κ1) is 15.3. The lowest BCUT2D eigenvalue weighted by Crippen LogP contribution is -2.21. The molecule has 21 heavy (non-hydrogen) atoms. The van der Waals surface area contributed by atoms with E-state index in [9.17, 15) is 9.59 Å². The van der Waals surface area contributed by atoms with Crippen LogP contribution in [0.15, 0.2) is 46.9 Å². The Hall–Kier alpha value is -2.14. The number of hydrogen-bond acceptors (Lipinski definition) is 3. The summed E-state index contributed by atoms with van der Waals surface area (Å²) in [5.74, 6) is 0.122. The third-order valence-electron chi connectivity index (χ3n) is 2.87. The molecule has 1 N–H and O–H groups in total. The number of nitrogens with one attached hydrogen (secondary N) is 1. The second-order valence-electron chi connectivity index (χ2n) is 4.45. The van der Waals surface area contributed by atoms with E-state index in [1.165, 1.54) is 0 Å². The highest BCUT2D eigenvalue weighted by atomic mass is 79.9. The van der Waals surface area contributed by atoms with Gasteiger partial charge in [0.15, 0.2) is 12.9 Å². The van der Waals surface area contributed by atoms with Gasteiger partial charge >= 0.3 is 0 Å². The highest BCUT2D eigenvalue weighted by Gasteiger charge is 2.08. The molecule has 0 aliphatic rings. The van der Waals surface area contributed by atoms with E-state index in [1.54, 1.807) is 24.3 Å². The van der Waals surface area contributed by atoms with Crippen LogP contribution in [0.25, 0.3) is 0 Å². The molecule has 0 radical (unpaired) electrons. The number of para-hydroxylation sites is 1. The van der Waals surface area contributed by atoms with Gasteiger partial charge in [-0.1, -0.05) is 28.1 Å². The molecule has 0 saturated heterocycles. The van der Waals surface area contributed by atoms with E-state index in [0.29, 0.717) is 17.6 Å². The first-order valence-electron chi connectivity index (χ1n) is 6.33. The lowest BCUT2D eigenvalue weighted by atomic mass is 10.2. The van der Waals surface area contributed by atoms with Crippen LogP contribution in [-0.4, -0.2) is 18.8 Å². The van der Waals surface area contributed by atoms with Crippen LogP contribution >= 0.6 is 15.9 Å². The van der Waals surface area contributed by atoms with Crippen molar-refractivity contribution in [3.63, 3.8) is 0 Å². The number of carbonyl (C=O) groups excluding carboxylic acids is 2. The van der Waals surface area contributed by atoms with Gasteiger partial charge in [0.1, 0.15) is 5.75 Å². The van der Waals surface area contributed by atoms with Crippen LogP contribution in [0.1, 0.15) is 15.9 Å². The summed E-state index contributed by atoms with van der Waals surface area (Å²) < 4.78 is 6.33. The van der Waals surface area contributed by atoms with Crippen LogP contribution in [0.4, 0.5) is 5.69 Å². The molecule has 5 heteroatoms. The van der Waals surface area contributed by atoms with E-state index in [0.717, 1.165) is 15.7 Å². The maximum absolute atomic E-state index is 11.9. The Balaban J connectivity index is 1.97. The average molecular weight is 348 g/mol. The number of amides is 1. The molecule has 4 nitrogen and oxygen atoms in total. The highest BCUT2D eigenvalue weighted by molar-refractivity contribution is 9.10. The molecule has 1 amide bonds. The smallest absolute Gasteiger partial charge is 0.262 e. The fourth-order valence-electron chi connectivity index (χ4n) is 1.81. The van der Waals surface area contributed by atoms with Crippen molar-refractivity contribution in [3.05, 3.63) is 58.1 Å². The first-order valence-corrected chi connectivity index (χ1v) is 7.12. The van der Waals surface area contributed by atoms with Crippen LogP contribution in [0, 0.1) is 6.92 Å². The minimum atomic E-state index is -0.277. The number of benzene rings is 2. The van der Waals surface area contributed by atoms with Crippen molar-refractivity contribution in [3.8, 4) is 5.75 Å². The highest BCUT2D eigenvalue weighted by Crippen LogP contribution is 2.20. The summed E-state index contributed by atoms with van der Waals surface area (Å²) in [6.45, 7) is 1.75. The van der Waals surface area contributed by atoms with Gasteiger partial charge in [0, 0.05) is 10.2 Å². The van der Waals surface area contributed by atoms with Crippen LogP contribution in [-0.2, 0) is 4.79 Å². The summed E-state index contributed by atoms with van der Waals surface area (Å²) in [5.41, 5.74) is 2.10. The number of hydrogen-bond donors (Lipinski definition) is 1. The van der Waals surface area contributed by atoms with E-state index in [-0.39, 0.29) is 12.5 Å². The van der Waals surface area contributed by atoms with Crippen molar-refractivity contribution in [2.45, 2.75) is 6.92 Å². The van der Waals surface area contributed by atoms with E-state index < -0.39 is 0 Å². The van der Waals surface area contributed by atoms with Crippen LogP contribution in [0.3, 0.4) is 0 Å². The Bertz CT molecular complexity index is 670. The van der Waals surface area contributed by atoms with Crippen molar-refractivity contribution in [1.29, 1.82) is 0 Å². The number of aldehydes is 1. The van der Waals surface area contributed by atoms with Crippen LogP contribution in [0.2, 0.25) is 0 Å². The minimum absolute atomic E-state index is 0.152. The second-order valence-corrected chi connectivity index (χ2v) is 5.37. The van der Waals surface area contributed by atoms with Crippen molar-refractivity contribution >= 4 is 33.8 Å². The van der Waals surface area contributed by atoms with E-state index in [1.807, 2.05) is 25.1 Å². The van der Waals surface area contributed by atoms with Crippen LogP contribution < -0.4 is 10.1 Å². The fourth-order valence-corrected chi connectivity index (χ4v) is 2.28. The zero-order chi connectivity index (χ0) is 15.2. The summed E-state index contributed by atoms with van der Waals surface area (Å²) in [5, 5.41) is 2.77. The van der Waals surface area contributed by atoms with Gasteiger partial charge in [0.05, 0.1) is 5.56 Å². The van der Waals surface area contributed by atoms with E-state index in [2.05, 4.69) is 21.2 Å². The van der Waals surface area contributed by atoms with Gasteiger partial charge in [-0.3, -0.25) is 9.59 Å². The lowest BCUT2D eigenvalue weighted by molar-refractivity contribution is -0.118. The van der Waals surface area contributed by atoms with E-state index in [4.69, 9.17) is 4.74 Å². The molecule has 2 aromatic rings. The van der Waals surface area contributed by atoms with Crippen molar-refractivity contribution in [1.82, 2.24) is 0 Å². The van der Waals surface area contributed by atoms with Gasteiger partial charge < -0.3 is 10.1 Å². The molecule has 2 rings (SSSR count). The van der Waals surface area contributed by atoms with Gasteiger partial charge in [0.25, 0.3) is 5.91 Å². The van der Waals surface area contributed by atoms with Crippen molar-refractivity contribution < 1.29 is 14.3 Å². The fraction of sp³-hybridized carbons (Fsp3) is 0.125. The molecule has 0 saturated carbocycles. The Morgan fingerprint density at radius 1 is 1.29 bits per heavy atom. The third-order valence-corrected chi connectivity index (χ3v) is 3.36. The van der Waals surface area contributed by atoms with Crippen molar-refractivity contribution in [2.24, 2.45) is 0 Å². The zero-order valence-corrected chi connectivity index (χ0v) is 13.0. The average Bonchev–Trinajstić information content (AvgIpc) is 2.48. The predicted octanol–water partition coefficient (Wildman–Crippen LogP) is 3.59. The first-order chi connectivity index (χ1) is 10.1. The predicted molar refractivity (Wildman–Crippen MR) is 84.8 cm³/mol. The summed E-state index contributed by atoms with van der Waals surface area (Å²) in [6, 6.07) is 12.4. The van der Waals surface area contributed by atoms with Crippen molar-refractivity contribution in [2.75, 3.05) is 11.9 Å². The number of ether oxygens (including phenoxy) is 1. The zero-order valence-electron chi connectivity index (χ0n) is 11.4. The van der Waals surface area contributed by atoms with Gasteiger partial charge in [0.2, 0.25) is 0 Å². The van der Waals surface area contributed by atoms with E-state index >= 15 is 0 Å². The SMILES string of the molecule is Cc1cc(Br)ccc1NC(=O)COc1ccccc1C=O. The quantitative estimate of drug-likeness (QED) is 0.841. The Kier molecular flexibility index (Phi) is 5.11. The summed E-state index contributed by atoms with van der Waals surface area (Å²) in [4.78, 5) is 22.7. The summed E-state index contributed by atoms with van der Waals surface area (Å²) in [7, 11) is 0. The van der Waals surface area contributed by atoms with Gasteiger partial charge in [-0.2, -0.15) is 0 Å². The molecule has 0 spiro atoms. The molecule has 0 heterocycles. The molecule has 108 valence electrons. The number of carbonyl (C=O) groups is 2. The minimum Gasteiger partial charge on any atom is -0.483 e. The third kappa shape index (κ3) is 4.16. The molecule has 0 fully saturated rings. The summed E-state index contributed by atoms with van der Waals surface area (Å²) >= 11 is 3.37. The molecule has 0 aliphatic carbocycles. The standard InChI is InChI=1S/C16H14BrNO3/c1-11-8-13(17)6-7-14(11)18-16(20)10-21-15-5-3-2-4-12(15)9-19/h2-9H,10H2,1H3,(H,18,20). The monoisotopic (exact) mass is 347 g/mol. The number of halogens is 1. The molecule has 0 bridgehead atoms. The maximum Gasteiger partial charge on any atom is 0.262 e. The maximum atomic E-state index is 11.9. The largest absolute Gasteiger partial charge is 0.483 e. The Morgan fingerprint density at radius 2 is 2.05 bits per heavy atom. The van der Waals surface area contributed by atoms with Gasteiger partial charge in [-0.15, -0.1) is 0 Å².